The van der Waals surface area contributed by atoms with Gasteiger partial charge in [-0.05, 0) is 29.3 Å². The summed E-state index contributed by atoms with van der Waals surface area (Å²) in [4.78, 5) is 4.45. The molecule has 2 N–H and O–H groups in total. The lowest BCUT2D eigenvalue weighted by Gasteiger charge is -2.14. The van der Waals surface area contributed by atoms with Gasteiger partial charge in [-0.2, -0.15) is 0 Å². The zero-order chi connectivity index (χ0) is 19.2. The number of hydrogen-bond acceptors (Lipinski definition) is 3. The summed E-state index contributed by atoms with van der Waals surface area (Å²) in [6.07, 6.45) is 0. The minimum absolute atomic E-state index is 0.271. The Labute approximate surface area is 159 Å². The van der Waals surface area contributed by atoms with Crippen LogP contribution in [0.1, 0.15) is 11.1 Å². The first-order chi connectivity index (χ1) is 12.3. The van der Waals surface area contributed by atoms with Crippen molar-refractivity contribution in [3.05, 3.63) is 64.7 Å². The number of halogens is 1. The van der Waals surface area contributed by atoms with Crippen LogP contribution in [0.25, 0.3) is 0 Å². The zero-order valence-electron chi connectivity index (χ0n) is 15.0. The Kier molecular flexibility index (Phi) is 7.02. The van der Waals surface area contributed by atoms with E-state index in [-0.39, 0.29) is 4.90 Å². The van der Waals surface area contributed by atoms with Crippen molar-refractivity contribution in [2.75, 3.05) is 21.1 Å². The summed E-state index contributed by atoms with van der Waals surface area (Å²) in [7, 11) is 1.31. The van der Waals surface area contributed by atoms with Crippen molar-refractivity contribution in [3.63, 3.8) is 0 Å². The molecule has 0 atom stereocenters. The zero-order valence-corrected chi connectivity index (χ0v) is 16.6. The van der Waals surface area contributed by atoms with Crippen molar-refractivity contribution >= 4 is 27.6 Å². The second kappa shape index (κ2) is 9.02. The lowest BCUT2D eigenvalue weighted by Crippen LogP contribution is -2.36. The molecule has 0 saturated carbocycles. The van der Waals surface area contributed by atoms with Crippen molar-refractivity contribution in [2.45, 2.75) is 18.0 Å². The minimum Gasteiger partial charge on any atom is -0.352 e. The molecular weight excluding hydrogens is 372 g/mol. The van der Waals surface area contributed by atoms with E-state index in [9.17, 15) is 8.42 Å². The molecule has 8 heteroatoms. The standard InChI is InChI=1S/C18H23ClN4O2S/c1-20-18(22-13-15-6-4-5-7-17(15)19)21-12-14-8-10-16(11-9-14)26(24,25)23(2)3/h4-11H,12-13H2,1-3H3,(H2,20,21,22). The smallest absolute Gasteiger partial charge is 0.242 e. The van der Waals surface area contributed by atoms with Gasteiger partial charge in [0.05, 0.1) is 4.90 Å². The fourth-order valence-corrected chi connectivity index (χ4v) is 3.32. The van der Waals surface area contributed by atoms with Gasteiger partial charge in [-0.15, -0.1) is 0 Å². The van der Waals surface area contributed by atoms with Crippen molar-refractivity contribution < 1.29 is 8.42 Å². The maximum atomic E-state index is 12.1. The quantitative estimate of drug-likeness (QED) is 0.583. The van der Waals surface area contributed by atoms with Crippen LogP contribution in [0.4, 0.5) is 0 Å². The van der Waals surface area contributed by atoms with E-state index < -0.39 is 10.0 Å². The molecule has 0 aromatic heterocycles. The topological polar surface area (TPSA) is 73.8 Å². The first kappa shape index (κ1) is 20.2. The first-order valence-electron chi connectivity index (χ1n) is 8.04. The van der Waals surface area contributed by atoms with Gasteiger partial charge in [0.25, 0.3) is 0 Å². The SMILES string of the molecule is CN=C(NCc1ccc(S(=O)(=O)N(C)C)cc1)NCc1ccccc1Cl. The molecule has 26 heavy (non-hydrogen) atoms. The number of rotatable bonds is 6. The molecule has 2 aromatic rings. The maximum Gasteiger partial charge on any atom is 0.242 e. The van der Waals surface area contributed by atoms with Crippen LogP contribution in [-0.4, -0.2) is 39.8 Å². The summed E-state index contributed by atoms with van der Waals surface area (Å²) in [6, 6.07) is 14.4. The third-order valence-corrected chi connectivity index (χ3v) is 5.99. The van der Waals surface area contributed by atoms with Crippen LogP contribution < -0.4 is 10.6 Å². The Morgan fingerprint density at radius 1 is 1.04 bits per heavy atom. The van der Waals surface area contributed by atoms with Gasteiger partial charge in [-0.25, -0.2) is 12.7 Å². The molecular formula is C18H23ClN4O2S. The molecule has 140 valence electrons. The third kappa shape index (κ3) is 5.20. The van der Waals surface area contributed by atoms with Crippen LogP contribution in [0.2, 0.25) is 5.02 Å². The highest BCUT2D eigenvalue weighted by Crippen LogP contribution is 2.15. The van der Waals surface area contributed by atoms with Crippen molar-refractivity contribution in [3.8, 4) is 0 Å². The van der Waals surface area contributed by atoms with Gasteiger partial charge in [-0.1, -0.05) is 41.9 Å². The third-order valence-electron chi connectivity index (χ3n) is 3.79. The second-order valence-corrected chi connectivity index (χ2v) is 8.36. The van der Waals surface area contributed by atoms with Crippen molar-refractivity contribution in [1.29, 1.82) is 0 Å². The number of benzene rings is 2. The summed E-state index contributed by atoms with van der Waals surface area (Å²) < 4.78 is 25.3. The lowest BCUT2D eigenvalue weighted by molar-refractivity contribution is 0.520. The molecule has 0 fully saturated rings. The summed E-state index contributed by atoms with van der Waals surface area (Å²) in [5, 5.41) is 7.09. The minimum atomic E-state index is -3.41. The predicted octanol–water partition coefficient (Wildman–Crippen LogP) is 2.46. The number of aliphatic imine (C=N–C) groups is 1. The molecule has 0 aliphatic rings. The molecule has 2 aromatic carbocycles. The van der Waals surface area contributed by atoms with Crippen LogP contribution in [0, 0.1) is 0 Å². The summed E-state index contributed by atoms with van der Waals surface area (Å²) in [5.41, 5.74) is 1.93. The number of sulfonamides is 1. The molecule has 0 aliphatic heterocycles. The Hall–Kier alpha value is -2.09. The van der Waals surface area contributed by atoms with E-state index in [4.69, 9.17) is 11.6 Å². The number of nitrogens with zero attached hydrogens (tertiary/aromatic N) is 2. The molecule has 0 aliphatic carbocycles. The van der Waals surface area contributed by atoms with Gasteiger partial charge >= 0.3 is 0 Å². The molecule has 0 saturated heterocycles. The van der Waals surface area contributed by atoms with E-state index in [1.165, 1.54) is 18.4 Å². The van der Waals surface area contributed by atoms with Crippen LogP contribution in [0.3, 0.4) is 0 Å². The largest absolute Gasteiger partial charge is 0.352 e. The first-order valence-corrected chi connectivity index (χ1v) is 9.86. The fourth-order valence-electron chi connectivity index (χ4n) is 2.22. The molecule has 0 radical (unpaired) electrons. The number of guanidine groups is 1. The average Bonchev–Trinajstić information content (AvgIpc) is 2.63. The molecule has 2 rings (SSSR count). The Morgan fingerprint density at radius 3 is 2.23 bits per heavy atom. The van der Waals surface area contributed by atoms with Crippen LogP contribution >= 0.6 is 11.6 Å². The van der Waals surface area contributed by atoms with Crippen LogP contribution in [-0.2, 0) is 23.1 Å². The van der Waals surface area contributed by atoms with Gasteiger partial charge in [0.15, 0.2) is 5.96 Å². The second-order valence-electron chi connectivity index (χ2n) is 5.80. The van der Waals surface area contributed by atoms with Crippen LogP contribution in [0.15, 0.2) is 58.4 Å². The average molecular weight is 395 g/mol. The summed E-state index contributed by atoms with van der Waals surface area (Å²) in [6.45, 7) is 1.07. The molecule has 0 bridgehead atoms. The number of hydrogen-bond donors (Lipinski definition) is 2. The Bertz CT molecular complexity index is 865. The van der Waals surface area contributed by atoms with Crippen molar-refractivity contribution in [1.82, 2.24) is 14.9 Å². The highest BCUT2D eigenvalue weighted by molar-refractivity contribution is 7.89. The highest BCUT2D eigenvalue weighted by Gasteiger charge is 2.16. The molecule has 0 heterocycles. The summed E-state index contributed by atoms with van der Waals surface area (Å²) in [5.74, 6) is 0.634. The Balaban J connectivity index is 1.93. The van der Waals surface area contributed by atoms with Gasteiger partial charge in [0.1, 0.15) is 0 Å². The molecule has 0 amide bonds. The lowest BCUT2D eigenvalue weighted by atomic mass is 10.2. The number of nitrogens with one attached hydrogen (secondary N) is 2. The molecule has 0 unspecified atom stereocenters. The molecule has 0 spiro atoms. The fraction of sp³-hybridized carbons (Fsp3) is 0.278. The van der Waals surface area contributed by atoms with Crippen molar-refractivity contribution in [2.24, 2.45) is 4.99 Å². The van der Waals surface area contributed by atoms with E-state index in [2.05, 4.69) is 15.6 Å². The monoisotopic (exact) mass is 394 g/mol. The Morgan fingerprint density at radius 2 is 1.65 bits per heavy atom. The van der Waals surface area contributed by atoms with Crippen LogP contribution in [0.5, 0.6) is 0 Å². The highest BCUT2D eigenvalue weighted by atomic mass is 35.5. The van der Waals surface area contributed by atoms with E-state index in [0.717, 1.165) is 11.1 Å². The van der Waals surface area contributed by atoms with Gasteiger partial charge < -0.3 is 10.6 Å². The normalized spacial score (nSPS) is 12.3. The van der Waals surface area contributed by atoms with E-state index in [0.29, 0.717) is 24.1 Å². The van der Waals surface area contributed by atoms with E-state index in [1.54, 1.807) is 31.3 Å². The van der Waals surface area contributed by atoms with Gasteiger partial charge in [-0.3, -0.25) is 4.99 Å². The van der Waals surface area contributed by atoms with Gasteiger partial charge in [0, 0.05) is 39.3 Å². The maximum absolute atomic E-state index is 12.1. The predicted molar refractivity (Wildman–Crippen MR) is 106 cm³/mol. The van der Waals surface area contributed by atoms with E-state index >= 15 is 0 Å². The van der Waals surface area contributed by atoms with Gasteiger partial charge in [0.2, 0.25) is 10.0 Å². The van der Waals surface area contributed by atoms with E-state index in [1.807, 2.05) is 24.3 Å². The molecule has 6 nitrogen and oxygen atoms in total. The summed E-state index contributed by atoms with van der Waals surface area (Å²) >= 11 is 6.14.